The second-order valence-corrected chi connectivity index (χ2v) is 8.73. The Morgan fingerprint density at radius 2 is 1.52 bits per heavy atom. The lowest BCUT2D eigenvalue weighted by Crippen LogP contribution is -2.46. The number of fused-ring (bicyclic) bond motifs is 1. The third-order valence-corrected chi connectivity index (χ3v) is 5.53. The van der Waals surface area contributed by atoms with Crippen LogP contribution in [-0.2, 0) is 22.5 Å². The summed E-state index contributed by atoms with van der Waals surface area (Å²) >= 11 is 0. The zero-order chi connectivity index (χ0) is 21.2. The predicted molar refractivity (Wildman–Crippen MR) is 109 cm³/mol. The van der Waals surface area contributed by atoms with Gasteiger partial charge in [-0.1, -0.05) is 0 Å². The fourth-order valence-corrected chi connectivity index (χ4v) is 3.96. The van der Waals surface area contributed by atoms with Crippen LogP contribution < -0.4 is 9.47 Å². The molecule has 160 valence electrons. The van der Waals surface area contributed by atoms with Crippen molar-refractivity contribution in [2.75, 3.05) is 33.9 Å². The summed E-state index contributed by atoms with van der Waals surface area (Å²) in [5.74, 6) is 1.54. The number of benzene rings is 1. The molecule has 7 nitrogen and oxygen atoms in total. The average Bonchev–Trinajstić information content (AvgIpc) is 2.70. The number of carbonyl (C=O) groups is 2. The first-order chi connectivity index (χ1) is 13.7. The lowest BCUT2D eigenvalue weighted by Gasteiger charge is -2.36. The number of carbonyl (C=O) groups excluding carboxylic acids is 2. The van der Waals surface area contributed by atoms with E-state index in [1.54, 1.807) is 19.1 Å². The molecule has 0 spiro atoms. The molecular weight excluding hydrogens is 372 g/mol. The lowest BCUT2D eigenvalue weighted by molar-refractivity contribution is -0.138. The maximum atomic E-state index is 13.1. The third kappa shape index (κ3) is 4.95. The highest BCUT2D eigenvalue weighted by atomic mass is 16.6. The summed E-state index contributed by atoms with van der Waals surface area (Å²) in [6.07, 6.45) is 1.86. The van der Waals surface area contributed by atoms with Crippen molar-refractivity contribution in [2.24, 2.45) is 5.92 Å². The van der Waals surface area contributed by atoms with Gasteiger partial charge in [0.1, 0.15) is 5.60 Å². The molecule has 1 saturated heterocycles. The molecule has 0 atom stereocenters. The van der Waals surface area contributed by atoms with Crippen LogP contribution >= 0.6 is 0 Å². The van der Waals surface area contributed by atoms with E-state index in [1.165, 1.54) is 5.56 Å². The van der Waals surface area contributed by atoms with Crippen molar-refractivity contribution in [3.8, 4) is 11.5 Å². The molecule has 0 aliphatic carbocycles. The summed E-state index contributed by atoms with van der Waals surface area (Å²) in [4.78, 5) is 28.9. The molecule has 2 heterocycles. The number of piperidine rings is 1. The van der Waals surface area contributed by atoms with Crippen LogP contribution in [0.25, 0.3) is 0 Å². The number of rotatable bonds is 3. The van der Waals surface area contributed by atoms with Crippen LogP contribution in [0.2, 0.25) is 0 Å². The summed E-state index contributed by atoms with van der Waals surface area (Å²) in [6.45, 7) is 7.98. The standard InChI is InChI=1S/C22H32N2O5/c1-22(2,3)29-21(26)23-9-6-15(7-10-23)20(25)24-11-8-16-12-18(27-4)19(28-5)13-17(16)14-24/h12-13,15H,6-11,14H2,1-5H3. The Hall–Kier alpha value is -2.44. The molecule has 0 bridgehead atoms. The summed E-state index contributed by atoms with van der Waals surface area (Å²) in [5, 5.41) is 0. The zero-order valence-corrected chi connectivity index (χ0v) is 18.1. The number of hydrogen-bond acceptors (Lipinski definition) is 5. The van der Waals surface area contributed by atoms with Gasteiger partial charge in [-0.05, 0) is 63.3 Å². The fraction of sp³-hybridized carbons (Fsp3) is 0.636. The molecule has 0 aromatic heterocycles. The van der Waals surface area contributed by atoms with Crippen LogP contribution in [0, 0.1) is 5.92 Å². The number of nitrogens with zero attached hydrogens (tertiary/aromatic N) is 2. The van der Waals surface area contributed by atoms with Crippen LogP contribution in [-0.4, -0.2) is 61.3 Å². The third-order valence-electron chi connectivity index (χ3n) is 5.53. The maximum absolute atomic E-state index is 13.1. The van der Waals surface area contributed by atoms with E-state index in [4.69, 9.17) is 14.2 Å². The minimum atomic E-state index is -0.505. The number of amides is 2. The van der Waals surface area contributed by atoms with Crippen molar-refractivity contribution in [1.29, 1.82) is 0 Å². The smallest absolute Gasteiger partial charge is 0.410 e. The van der Waals surface area contributed by atoms with Crippen molar-refractivity contribution in [3.63, 3.8) is 0 Å². The molecule has 0 unspecified atom stereocenters. The van der Waals surface area contributed by atoms with Gasteiger partial charge in [-0.15, -0.1) is 0 Å². The Kier molecular flexibility index (Phi) is 6.24. The Morgan fingerprint density at radius 1 is 0.931 bits per heavy atom. The predicted octanol–water partition coefficient (Wildman–Crippen LogP) is 3.24. The van der Waals surface area contributed by atoms with Crippen molar-refractivity contribution in [1.82, 2.24) is 9.80 Å². The molecule has 0 N–H and O–H groups in total. The highest BCUT2D eigenvalue weighted by Crippen LogP contribution is 2.34. The summed E-state index contributed by atoms with van der Waals surface area (Å²) in [6, 6.07) is 3.98. The van der Waals surface area contributed by atoms with E-state index in [0.29, 0.717) is 44.8 Å². The molecule has 1 aromatic carbocycles. The largest absolute Gasteiger partial charge is 0.493 e. The van der Waals surface area contributed by atoms with Gasteiger partial charge >= 0.3 is 6.09 Å². The summed E-state index contributed by atoms with van der Waals surface area (Å²) < 4.78 is 16.2. The van der Waals surface area contributed by atoms with Crippen LogP contribution in [0.5, 0.6) is 11.5 Å². The molecular formula is C22H32N2O5. The van der Waals surface area contributed by atoms with E-state index < -0.39 is 5.60 Å². The van der Waals surface area contributed by atoms with Gasteiger partial charge in [-0.2, -0.15) is 0 Å². The highest BCUT2D eigenvalue weighted by Gasteiger charge is 2.33. The SMILES string of the molecule is COc1cc2c(cc1OC)CN(C(=O)C1CCN(C(=O)OC(C)(C)C)CC1)CC2. The first kappa shape index (κ1) is 21.3. The molecule has 0 radical (unpaired) electrons. The first-order valence-electron chi connectivity index (χ1n) is 10.2. The Morgan fingerprint density at radius 3 is 2.07 bits per heavy atom. The highest BCUT2D eigenvalue weighted by molar-refractivity contribution is 5.80. The van der Waals surface area contributed by atoms with Gasteiger partial charge in [0.05, 0.1) is 14.2 Å². The summed E-state index contributed by atoms with van der Waals surface area (Å²) in [7, 11) is 3.25. The monoisotopic (exact) mass is 404 g/mol. The molecule has 2 aliphatic heterocycles. The Bertz CT molecular complexity index is 763. The molecule has 0 saturated carbocycles. The second kappa shape index (κ2) is 8.51. The molecule has 1 aromatic rings. The van der Waals surface area contributed by atoms with E-state index in [2.05, 4.69) is 0 Å². The normalized spacial score (nSPS) is 17.6. The summed E-state index contributed by atoms with van der Waals surface area (Å²) in [5.41, 5.74) is 1.80. The molecule has 7 heteroatoms. The first-order valence-corrected chi connectivity index (χ1v) is 10.2. The average molecular weight is 405 g/mol. The van der Waals surface area contributed by atoms with Crippen LogP contribution in [0.1, 0.15) is 44.7 Å². The number of hydrogen-bond donors (Lipinski definition) is 0. The van der Waals surface area contributed by atoms with Gasteiger partial charge in [-0.3, -0.25) is 4.79 Å². The van der Waals surface area contributed by atoms with Crippen LogP contribution in [0.15, 0.2) is 12.1 Å². The van der Waals surface area contributed by atoms with Gasteiger partial charge in [0.15, 0.2) is 11.5 Å². The van der Waals surface area contributed by atoms with E-state index in [0.717, 1.165) is 17.7 Å². The van der Waals surface area contributed by atoms with Crippen molar-refractivity contribution < 1.29 is 23.8 Å². The molecule has 1 fully saturated rings. The topological polar surface area (TPSA) is 68.3 Å². The van der Waals surface area contributed by atoms with E-state index in [9.17, 15) is 9.59 Å². The zero-order valence-electron chi connectivity index (χ0n) is 18.1. The molecule has 2 amide bonds. The van der Waals surface area contributed by atoms with Gasteiger partial charge in [0.2, 0.25) is 5.91 Å². The van der Waals surface area contributed by atoms with Crippen LogP contribution in [0.4, 0.5) is 4.79 Å². The molecule has 29 heavy (non-hydrogen) atoms. The Labute approximate surface area is 172 Å². The lowest BCUT2D eigenvalue weighted by atomic mass is 9.93. The van der Waals surface area contributed by atoms with Gasteiger partial charge in [-0.25, -0.2) is 4.79 Å². The van der Waals surface area contributed by atoms with Gasteiger partial charge < -0.3 is 24.0 Å². The van der Waals surface area contributed by atoms with Crippen molar-refractivity contribution in [2.45, 2.75) is 52.2 Å². The number of likely N-dealkylation sites (tertiary alicyclic amines) is 1. The quantitative estimate of drug-likeness (QED) is 0.774. The van der Waals surface area contributed by atoms with E-state index in [-0.39, 0.29) is 17.9 Å². The van der Waals surface area contributed by atoms with Crippen molar-refractivity contribution in [3.05, 3.63) is 23.3 Å². The number of ether oxygens (including phenoxy) is 3. The maximum Gasteiger partial charge on any atom is 0.410 e. The van der Waals surface area contributed by atoms with E-state index in [1.807, 2.05) is 37.8 Å². The second-order valence-electron chi connectivity index (χ2n) is 8.73. The van der Waals surface area contributed by atoms with Gasteiger partial charge in [0, 0.05) is 32.1 Å². The minimum Gasteiger partial charge on any atom is -0.493 e. The minimum absolute atomic E-state index is 0.0459. The van der Waals surface area contributed by atoms with Crippen molar-refractivity contribution >= 4 is 12.0 Å². The van der Waals surface area contributed by atoms with E-state index >= 15 is 0 Å². The van der Waals surface area contributed by atoms with Gasteiger partial charge in [0.25, 0.3) is 0 Å². The Balaban J connectivity index is 1.59. The number of methoxy groups -OCH3 is 2. The molecule has 2 aliphatic rings. The molecule has 3 rings (SSSR count). The fourth-order valence-electron chi connectivity index (χ4n) is 3.96. The van der Waals surface area contributed by atoms with Crippen LogP contribution in [0.3, 0.4) is 0 Å².